The van der Waals surface area contributed by atoms with Crippen molar-refractivity contribution in [1.29, 1.82) is 0 Å². The number of aryl methyl sites for hydroxylation is 2. The molecule has 96 valence electrons. The first-order chi connectivity index (χ1) is 9.20. The van der Waals surface area contributed by atoms with E-state index in [2.05, 4.69) is 36.4 Å². The van der Waals surface area contributed by atoms with Gasteiger partial charge in [-0.15, -0.1) is 11.6 Å². The molecule has 3 heteroatoms. The van der Waals surface area contributed by atoms with E-state index >= 15 is 0 Å². The van der Waals surface area contributed by atoms with Crippen LogP contribution < -0.4 is 0 Å². The molecule has 2 aromatic heterocycles. The van der Waals surface area contributed by atoms with E-state index in [1.807, 2.05) is 24.4 Å². The standard InChI is InChI=1S/C16H15ClN2/c1-11-6-7-13(12(2)9-11)16-14(10-17)19-8-4-3-5-15(19)18-16/h3-9H,10H2,1-2H3. The summed E-state index contributed by atoms with van der Waals surface area (Å²) in [6.45, 7) is 4.22. The van der Waals surface area contributed by atoms with Gasteiger partial charge in [0.25, 0.3) is 0 Å². The molecule has 19 heavy (non-hydrogen) atoms. The van der Waals surface area contributed by atoms with Crippen molar-refractivity contribution < 1.29 is 0 Å². The van der Waals surface area contributed by atoms with Crippen LogP contribution in [0.4, 0.5) is 0 Å². The Morgan fingerprint density at radius 3 is 2.74 bits per heavy atom. The largest absolute Gasteiger partial charge is 0.302 e. The summed E-state index contributed by atoms with van der Waals surface area (Å²) in [4.78, 5) is 4.72. The lowest BCUT2D eigenvalue weighted by molar-refractivity contribution is 1.09. The number of alkyl halides is 1. The Bertz CT molecular complexity index is 744. The molecule has 3 aromatic rings. The van der Waals surface area contributed by atoms with Gasteiger partial charge in [-0.2, -0.15) is 0 Å². The summed E-state index contributed by atoms with van der Waals surface area (Å²) in [5.41, 5.74) is 6.62. The van der Waals surface area contributed by atoms with Crippen molar-refractivity contribution in [1.82, 2.24) is 9.38 Å². The monoisotopic (exact) mass is 270 g/mol. The first-order valence-electron chi connectivity index (χ1n) is 6.30. The molecule has 1 aromatic carbocycles. The zero-order chi connectivity index (χ0) is 13.4. The molecule has 0 unspecified atom stereocenters. The summed E-state index contributed by atoms with van der Waals surface area (Å²) in [5, 5.41) is 0. The Hall–Kier alpha value is -1.80. The van der Waals surface area contributed by atoms with Crippen LogP contribution in [0.15, 0.2) is 42.6 Å². The Morgan fingerprint density at radius 1 is 1.16 bits per heavy atom. The highest BCUT2D eigenvalue weighted by molar-refractivity contribution is 6.17. The molecule has 2 nitrogen and oxygen atoms in total. The van der Waals surface area contributed by atoms with Crippen LogP contribution in [0, 0.1) is 13.8 Å². The van der Waals surface area contributed by atoms with E-state index in [9.17, 15) is 0 Å². The fourth-order valence-corrected chi connectivity index (χ4v) is 2.72. The number of hydrogen-bond acceptors (Lipinski definition) is 1. The molecule has 0 saturated heterocycles. The van der Waals surface area contributed by atoms with Crippen LogP contribution in [-0.2, 0) is 5.88 Å². The normalized spacial score (nSPS) is 11.1. The third kappa shape index (κ3) is 2.02. The van der Waals surface area contributed by atoms with Gasteiger partial charge in [-0.25, -0.2) is 4.98 Å². The Balaban J connectivity index is 2.30. The molecule has 0 atom stereocenters. The molecule has 0 bridgehead atoms. The maximum atomic E-state index is 6.13. The first-order valence-corrected chi connectivity index (χ1v) is 6.83. The summed E-state index contributed by atoms with van der Waals surface area (Å²) in [6.07, 6.45) is 2.01. The number of imidazole rings is 1. The second-order valence-electron chi connectivity index (χ2n) is 4.79. The highest BCUT2D eigenvalue weighted by Gasteiger charge is 2.14. The minimum Gasteiger partial charge on any atom is -0.302 e. The van der Waals surface area contributed by atoms with Crippen LogP contribution >= 0.6 is 11.6 Å². The number of rotatable bonds is 2. The molecule has 2 heterocycles. The van der Waals surface area contributed by atoms with Gasteiger partial charge in [0.15, 0.2) is 0 Å². The molecule has 0 fully saturated rings. The number of hydrogen-bond donors (Lipinski definition) is 0. The lowest BCUT2D eigenvalue weighted by Gasteiger charge is -2.06. The maximum absolute atomic E-state index is 6.13. The van der Waals surface area contributed by atoms with Crippen LogP contribution in [0.1, 0.15) is 16.8 Å². The van der Waals surface area contributed by atoms with E-state index in [1.54, 1.807) is 0 Å². The van der Waals surface area contributed by atoms with Crippen molar-refractivity contribution in [2.45, 2.75) is 19.7 Å². The third-order valence-corrected chi connectivity index (χ3v) is 3.65. The Kier molecular flexibility index (Phi) is 3.03. The summed E-state index contributed by atoms with van der Waals surface area (Å²) in [6, 6.07) is 12.4. The number of halogens is 1. The van der Waals surface area contributed by atoms with Gasteiger partial charge >= 0.3 is 0 Å². The minimum atomic E-state index is 0.452. The van der Waals surface area contributed by atoms with E-state index < -0.39 is 0 Å². The summed E-state index contributed by atoms with van der Waals surface area (Å²) >= 11 is 6.13. The number of pyridine rings is 1. The average Bonchev–Trinajstić information content (AvgIpc) is 2.76. The topological polar surface area (TPSA) is 17.3 Å². The van der Waals surface area contributed by atoms with Crippen LogP contribution in [0.2, 0.25) is 0 Å². The second kappa shape index (κ2) is 4.71. The first kappa shape index (κ1) is 12.2. The number of fused-ring (bicyclic) bond motifs is 1. The van der Waals surface area contributed by atoms with Crippen molar-refractivity contribution in [3.63, 3.8) is 0 Å². The number of aromatic nitrogens is 2. The van der Waals surface area contributed by atoms with E-state index in [4.69, 9.17) is 16.6 Å². The molecular formula is C16H15ClN2. The smallest absolute Gasteiger partial charge is 0.137 e. The SMILES string of the molecule is Cc1ccc(-c2nc3ccccn3c2CCl)c(C)c1. The van der Waals surface area contributed by atoms with E-state index in [0.29, 0.717) is 5.88 Å². The number of benzene rings is 1. The minimum absolute atomic E-state index is 0.452. The maximum Gasteiger partial charge on any atom is 0.137 e. The Morgan fingerprint density at radius 2 is 2.00 bits per heavy atom. The molecule has 0 radical (unpaired) electrons. The zero-order valence-electron chi connectivity index (χ0n) is 11.0. The van der Waals surface area contributed by atoms with Crippen molar-refractivity contribution >= 4 is 17.2 Å². The summed E-state index contributed by atoms with van der Waals surface area (Å²) in [7, 11) is 0. The fraction of sp³-hybridized carbons (Fsp3) is 0.188. The predicted octanol–water partition coefficient (Wildman–Crippen LogP) is 4.36. The lowest BCUT2D eigenvalue weighted by Crippen LogP contribution is -1.92. The highest BCUT2D eigenvalue weighted by Crippen LogP contribution is 2.28. The van der Waals surface area contributed by atoms with Crippen LogP contribution in [0.3, 0.4) is 0 Å². The van der Waals surface area contributed by atoms with Crippen molar-refractivity contribution in [3.05, 3.63) is 59.4 Å². The van der Waals surface area contributed by atoms with Crippen LogP contribution in [-0.4, -0.2) is 9.38 Å². The summed E-state index contributed by atoms with van der Waals surface area (Å²) in [5.74, 6) is 0.452. The molecule has 0 aliphatic heterocycles. The lowest BCUT2D eigenvalue weighted by atomic mass is 10.0. The van der Waals surface area contributed by atoms with Gasteiger partial charge < -0.3 is 4.40 Å². The predicted molar refractivity (Wildman–Crippen MR) is 79.7 cm³/mol. The highest BCUT2D eigenvalue weighted by atomic mass is 35.5. The third-order valence-electron chi connectivity index (χ3n) is 3.39. The quantitative estimate of drug-likeness (QED) is 0.633. The van der Waals surface area contributed by atoms with Crippen molar-refractivity contribution in [3.8, 4) is 11.3 Å². The van der Waals surface area contributed by atoms with Gasteiger partial charge in [-0.3, -0.25) is 0 Å². The van der Waals surface area contributed by atoms with Crippen molar-refractivity contribution in [2.75, 3.05) is 0 Å². The van der Waals surface area contributed by atoms with Crippen LogP contribution in [0.25, 0.3) is 16.9 Å². The molecule has 3 rings (SSSR count). The van der Waals surface area contributed by atoms with E-state index in [-0.39, 0.29) is 0 Å². The van der Waals surface area contributed by atoms with Gasteiger partial charge in [0.2, 0.25) is 0 Å². The van der Waals surface area contributed by atoms with Gasteiger partial charge in [0, 0.05) is 11.8 Å². The van der Waals surface area contributed by atoms with Gasteiger partial charge in [-0.05, 0) is 31.5 Å². The molecule has 0 aliphatic carbocycles. The van der Waals surface area contributed by atoms with Gasteiger partial charge in [0.05, 0.1) is 17.3 Å². The van der Waals surface area contributed by atoms with Gasteiger partial charge in [0.1, 0.15) is 5.65 Å². The van der Waals surface area contributed by atoms with E-state index in [0.717, 1.165) is 22.6 Å². The van der Waals surface area contributed by atoms with E-state index in [1.165, 1.54) is 11.1 Å². The van der Waals surface area contributed by atoms with Crippen LogP contribution in [0.5, 0.6) is 0 Å². The fourth-order valence-electron chi connectivity index (χ4n) is 2.47. The zero-order valence-corrected chi connectivity index (χ0v) is 11.8. The molecule has 0 saturated carbocycles. The molecule has 0 aliphatic rings. The second-order valence-corrected chi connectivity index (χ2v) is 5.06. The van der Waals surface area contributed by atoms with Gasteiger partial charge in [-0.1, -0.05) is 29.8 Å². The molecule has 0 N–H and O–H groups in total. The molecule has 0 spiro atoms. The Labute approximate surface area is 117 Å². The molecule has 0 amide bonds. The molecular weight excluding hydrogens is 256 g/mol. The number of nitrogens with zero attached hydrogens (tertiary/aromatic N) is 2. The average molecular weight is 271 g/mol. The van der Waals surface area contributed by atoms with Crippen molar-refractivity contribution in [2.24, 2.45) is 0 Å². The summed E-state index contributed by atoms with van der Waals surface area (Å²) < 4.78 is 2.06.